The van der Waals surface area contributed by atoms with E-state index < -0.39 is 4.92 Å². The number of nitro groups is 1. The number of halogens is 1. The second kappa shape index (κ2) is 6.49. The molecular weight excluding hydrogens is 270 g/mol. The normalized spacial score (nSPS) is 15.2. The molecule has 1 amide bonds. The van der Waals surface area contributed by atoms with E-state index in [4.69, 9.17) is 5.73 Å². The first-order chi connectivity index (χ1) is 8.61. The van der Waals surface area contributed by atoms with Crippen LogP contribution in [0.3, 0.4) is 0 Å². The zero-order valence-electron chi connectivity index (χ0n) is 10.2. The molecule has 7 heteroatoms. The molecule has 0 heterocycles. The average molecular weight is 286 g/mol. The van der Waals surface area contributed by atoms with Crippen molar-refractivity contribution in [3.8, 4) is 0 Å². The molecule has 19 heavy (non-hydrogen) atoms. The Hall–Kier alpha value is -1.66. The van der Waals surface area contributed by atoms with Crippen LogP contribution in [0.5, 0.6) is 0 Å². The third kappa shape index (κ3) is 3.90. The van der Waals surface area contributed by atoms with Crippen LogP contribution in [0.25, 0.3) is 0 Å². The van der Waals surface area contributed by atoms with Crippen molar-refractivity contribution in [1.29, 1.82) is 0 Å². The molecule has 1 aliphatic carbocycles. The van der Waals surface area contributed by atoms with E-state index in [1.165, 1.54) is 18.2 Å². The van der Waals surface area contributed by atoms with E-state index in [0.717, 1.165) is 12.8 Å². The van der Waals surface area contributed by atoms with Gasteiger partial charge in [-0.3, -0.25) is 14.9 Å². The summed E-state index contributed by atoms with van der Waals surface area (Å²) >= 11 is 0. The van der Waals surface area contributed by atoms with Gasteiger partial charge in [0.2, 0.25) is 0 Å². The van der Waals surface area contributed by atoms with Crippen LogP contribution in [0.2, 0.25) is 0 Å². The summed E-state index contributed by atoms with van der Waals surface area (Å²) in [5, 5.41) is 13.5. The first-order valence-electron chi connectivity index (χ1n) is 5.87. The molecule has 104 valence electrons. The minimum atomic E-state index is -0.516. The molecule has 0 radical (unpaired) electrons. The van der Waals surface area contributed by atoms with Crippen LogP contribution in [0.4, 0.5) is 5.69 Å². The van der Waals surface area contributed by atoms with Gasteiger partial charge in [0.1, 0.15) is 0 Å². The number of carbonyl (C=O) groups is 1. The summed E-state index contributed by atoms with van der Waals surface area (Å²) < 4.78 is 0. The van der Waals surface area contributed by atoms with Crippen LogP contribution in [0.15, 0.2) is 24.3 Å². The van der Waals surface area contributed by atoms with Gasteiger partial charge in [-0.1, -0.05) is 6.07 Å². The van der Waals surface area contributed by atoms with E-state index >= 15 is 0 Å². The Morgan fingerprint density at radius 2 is 2.21 bits per heavy atom. The lowest BCUT2D eigenvalue weighted by Gasteiger charge is -2.15. The van der Waals surface area contributed by atoms with Gasteiger partial charge in [0.05, 0.1) is 4.92 Å². The molecule has 0 bridgehead atoms. The molecule has 0 aliphatic heterocycles. The lowest BCUT2D eigenvalue weighted by Crippen LogP contribution is -2.41. The third-order valence-corrected chi connectivity index (χ3v) is 3.08. The fourth-order valence-electron chi connectivity index (χ4n) is 1.88. The summed E-state index contributed by atoms with van der Waals surface area (Å²) in [5.41, 5.74) is 5.81. The van der Waals surface area contributed by atoms with E-state index in [-0.39, 0.29) is 30.0 Å². The van der Waals surface area contributed by atoms with Gasteiger partial charge in [-0.05, 0) is 24.8 Å². The van der Waals surface area contributed by atoms with Gasteiger partial charge in [-0.2, -0.15) is 0 Å². The zero-order chi connectivity index (χ0) is 13.1. The minimum absolute atomic E-state index is 0. The monoisotopic (exact) mass is 285 g/mol. The number of nitrogens with one attached hydrogen (secondary N) is 1. The Balaban J connectivity index is 0.00000180. The Morgan fingerprint density at radius 1 is 1.53 bits per heavy atom. The summed E-state index contributed by atoms with van der Waals surface area (Å²) in [5.74, 6) is 0.152. The first-order valence-corrected chi connectivity index (χ1v) is 5.87. The molecule has 0 saturated heterocycles. The average Bonchev–Trinajstić information content (AvgIpc) is 3.20. The second-order valence-corrected chi connectivity index (χ2v) is 4.46. The highest BCUT2D eigenvalue weighted by molar-refractivity contribution is 5.95. The highest BCUT2D eigenvalue weighted by Gasteiger charge is 2.31. The molecule has 1 aromatic rings. The number of hydrogen-bond acceptors (Lipinski definition) is 4. The van der Waals surface area contributed by atoms with Crippen molar-refractivity contribution < 1.29 is 9.72 Å². The smallest absolute Gasteiger partial charge is 0.270 e. The maximum absolute atomic E-state index is 11.9. The molecule has 3 N–H and O–H groups in total. The number of nitrogens with zero attached hydrogens (tertiary/aromatic N) is 1. The molecule has 1 saturated carbocycles. The molecule has 2 rings (SSSR count). The number of nitro benzene ring substituents is 1. The quantitative estimate of drug-likeness (QED) is 0.632. The van der Waals surface area contributed by atoms with Gasteiger partial charge in [0, 0.05) is 30.3 Å². The molecule has 1 fully saturated rings. The number of rotatable bonds is 5. The van der Waals surface area contributed by atoms with Gasteiger partial charge in [0.25, 0.3) is 11.6 Å². The van der Waals surface area contributed by atoms with Crippen molar-refractivity contribution in [2.24, 2.45) is 11.7 Å². The number of nitrogens with two attached hydrogens (primary N) is 1. The predicted octanol–water partition coefficient (Wildman–Crippen LogP) is 1.48. The fourth-order valence-corrected chi connectivity index (χ4v) is 1.88. The van der Waals surface area contributed by atoms with Gasteiger partial charge in [-0.25, -0.2) is 0 Å². The minimum Gasteiger partial charge on any atom is -0.348 e. The molecule has 1 aliphatic rings. The fraction of sp³-hybridized carbons (Fsp3) is 0.417. The standard InChI is InChI=1S/C12H15N3O3.ClH/c13-7-11(8-4-5-8)14-12(16)9-2-1-3-10(6-9)15(17)18;/h1-3,6,8,11H,4-5,7,13H2,(H,14,16);1H. The highest BCUT2D eigenvalue weighted by atomic mass is 35.5. The molecule has 0 spiro atoms. The Bertz CT molecular complexity index is 477. The Labute approximate surface area is 116 Å². The van der Waals surface area contributed by atoms with Crippen molar-refractivity contribution in [2.75, 3.05) is 6.54 Å². The third-order valence-electron chi connectivity index (χ3n) is 3.08. The van der Waals surface area contributed by atoms with E-state index in [1.54, 1.807) is 6.07 Å². The highest BCUT2D eigenvalue weighted by Crippen LogP contribution is 2.32. The number of carbonyl (C=O) groups excluding carboxylic acids is 1. The first kappa shape index (κ1) is 15.4. The van der Waals surface area contributed by atoms with Crippen molar-refractivity contribution in [3.05, 3.63) is 39.9 Å². The molecule has 0 aromatic heterocycles. The maximum Gasteiger partial charge on any atom is 0.270 e. The lowest BCUT2D eigenvalue weighted by molar-refractivity contribution is -0.384. The van der Waals surface area contributed by atoms with Crippen LogP contribution in [0, 0.1) is 16.0 Å². The number of amides is 1. The predicted molar refractivity (Wildman–Crippen MR) is 73.4 cm³/mol. The molecule has 1 atom stereocenters. The number of benzene rings is 1. The Morgan fingerprint density at radius 3 is 2.74 bits per heavy atom. The summed E-state index contributed by atoms with van der Waals surface area (Å²) in [6.45, 7) is 0.394. The second-order valence-electron chi connectivity index (χ2n) is 4.46. The van der Waals surface area contributed by atoms with Crippen LogP contribution >= 0.6 is 12.4 Å². The van der Waals surface area contributed by atoms with E-state index in [9.17, 15) is 14.9 Å². The van der Waals surface area contributed by atoms with Crippen LogP contribution in [-0.2, 0) is 0 Å². The molecule has 1 unspecified atom stereocenters. The zero-order valence-corrected chi connectivity index (χ0v) is 11.1. The molecule has 6 nitrogen and oxygen atoms in total. The molecular formula is C12H16ClN3O3. The molecule has 1 aromatic carbocycles. The van der Waals surface area contributed by atoms with Crippen molar-refractivity contribution in [3.63, 3.8) is 0 Å². The van der Waals surface area contributed by atoms with Gasteiger partial charge >= 0.3 is 0 Å². The number of hydrogen-bond donors (Lipinski definition) is 2. The van der Waals surface area contributed by atoms with Gasteiger partial charge in [-0.15, -0.1) is 12.4 Å². The van der Waals surface area contributed by atoms with Gasteiger partial charge < -0.3 is 11.1 Å². The largest absolute Gasteiger partial charge is 0.348 e. The van der Waals surface area contributed by atoms with Crippen LogP contribution in [-0.4, -0.2) is 23.4 Å². The van der Waals surface area contributed by atoms with Crippen molar-refractivity contribution in [1.82, 2.24) is 5.32 Å². The van der Waals surface area contributed by atoms with Gasteiger partial charge in [0.15, 0.2) is 0 Å². The topological polar surface area (TPSA) is 98.3 Å². The van der Waals surface area contributed by atoms with E-state index in [1.807, 2.05) is 0 Å². The summed E-state index contributed by atoms with van der Waals surface area (Å²) in [7, 11) is 0. The SMILES string of the molecule is Cl.NCC(NC(=O)c1cccc([N+](=O)[O-])c1)C1CC1. The van der Waals surface area contributed by atoms with E-state index in [0.29, 0.717) is 18.0 Å². The summed E-state index contributed by atoms with van der Waals surface area (Å²) in [6.07, 6.45) is 2.16. The lowest BCUT2D eigenvalue weighted by atomic mass is 10.1. The van der Waals surface area contributed by atoms with E-state index in [2.05, 4.69) is 5.32 Å². The number of non-ortho nitro benzene ring substituents is 1. The van der Waals surface area contributed by atoms with Crippen LogP contribution in [0.1, 0.15) is 23.2 Å². The maximum atomic E-state index is 11.9. The van der Waals surface area contributed by atoms with Crippen molar-refractivity contribution >= 4 is 24.0 Å². The Kier molecular flexibility index (Phi) is 5.26. The summed E-state index contributed by atoms with van der Waals surface area (Å²) in [4.78, 5) is 22.0. The van der Waals surface area contributed by atoms with Crippen LogP contribution < -0.4 is 11.1 Å². The summed E-state index contributed by atoms with van der Waals surface area (Å²) in [6, 6.07) is 5.66. The van der Waals surface area contributed by atoms with Crippen molar-refractivity contribution in [2.45, 2.75) is 18.9 Å².